The Bertz CT molecular complexity index is 815. The SMILES string of the molecule is Cc1ccc(C)c(S(=O)(=O)N/N=C/c2c(F)cccc2Cl)c1. The molecule has 0 aromatic heterocycles. The Morgan fingerprint density at radius 3 is 2.64 bits per heavy atom. The largest absolute Gasteiger partial charge is 0.276 e. The monoisotopic (exact) mass is 340 g/mol. The first-order valence-electron chi connectivity index (χ1n) is 6.37. The predicted molar refractivity (Wildman–Crippen MR) is 85.2 cm³/mol. The molecule has 0 amide bonds. The first-order valence-corrected chi connectivity index (χ1v) is 8.23. The second kappa shape index (κ2) is 6.46. The quantitative estimate of drug-likeness (QED) is 0.685. The van der Waals surface area contributed by atoms with E-state index in [0.717, 1.165) is 11.8 Å². The molecule has 0 saturated carbocycles. The Labute approximate surface area is 133 Å². The highest BCUT2D eigenvalue weighted by atomic mass is 35.5. The van der Waals surface area contributed by atoms with Crippen molar-refractivity contribution in [2.24, 2.45) is 5.10 Å². The molecule has 0 aliphatic heterocycles. The molecule has 0 atom stereocenters. The van der Waals surface area contributed by atoms with Crippen molar-refractivity contribution in [1.82, 2.24) is 4.83 Å². The van der Waals surface area contributed by atoms with Crippen molar-refractivity contribution in [2.45, 2.75) is 18.7 Å². The molecule has 0 heterocycles. The van der Waals surface area contributed by atoms with Gasteiger partial charge in [-0.15, -0.1) is 0 Å². The van der Waals surface area contributed by atoms with E-state index in [0.29, 0.717) is 5.56 Å². The number of nitrogens with zero attached hydrogens (tertiary/aromatic N) is 1. The van der Waals surface area contributed by atoms with Crippen LogP contribution in [0.2, 0.25) is 5.02 Å². The van der Waals surface area contributed by atoms with E-state index in [1.165, 1.54) is 18.2 Å². The zero-order chi connectivity index (χ0) is 16.3. The lowest BCUT2D eigenvalue weighted by Crippen LogP contribution is -2.19. The molecule has 0 aliphatic rings. The second-order valence-corrected chi connectivity index (χ2v) is 6.79. The van der Waals surface area contributed by atoms with Gasteiger partial charge in [0.25, 0.3) is 10.0 Å². The van der Waals surface area contributed by atoms with Gasteiger partial charge in [0.1, 0.15) is 5.82 Å². The molecule has 1 N–H and O–H groups in total. The molecule has 0 unspecified atom stereocenters. The summed E-state index contributed by atoms with van der Waals surface area (Å²) in [6.07, 6.45) is 1.04. The maximum absolute atomic E-state index is 13.6. The molecule has 0 fully saturated rings. The third-order valence-corrected chi connectivity index (χ3v) is 4.69. The lowest BCUT2D eigenvalue weighted by atomic mass is 10.2. The van der Waals surface area contributed by atoms with Crippen molar-refractivity contribution in [2.75, 3.05) is 0 Å². The van der Waals surface area contributed by atoms with Crippen molar-refractivity contribution in [1.29, 1.82) is 0 Å². The molecule has 0 saturated heterocycles. The summed E-state index contributed by atoms with van der Waals surface area (Å²) in [5.41, 5.74) is 1.43. The van der Waals surface area contributed by atoms with Gasteiger partial charge in [-0.3, -0.25) is 0 Å². The highest BCUT2D eigenvalue weighted by molar-refractivity contribution is 7.89. The number of benzene rings is 2. The fourth-order valence-electron chi connectivity index (χ4n) is 1.84. The molecule has 7 heteroatoms. The Kier molecular flexibility index (Phi) is 4.83. The normalized spacial score (nSPS) is 11.8. The number of hydrogen-bond acceptors (Lipinski definition) is 3. The molecule has 4 nitrogen and oxygen atoms in total. The maximum atomic E-state index is 13.6. The number of rotatable bonds is 4. The number of hydrogen-bond donors (Lipinski definition) is 1. The third-order valence-electron chi connectivity index (χ3n) is 3.00. The smallest absolute Gasteiger partial charge is 0.206 e. The highest BCUT2D eigenvalue weighted by Crippen LogP contribution is 2.18. The van der Waals surface area contributed by atoms with Crippen molar-refractivity contribution in [3.63, 3.8) is 0 Å². The van der Waals surface area contributed by atoms with E-state index in [4.69, 9.17) is 11.6 Å². The number of halogens is 2. The highest BCUT2D eigenvalue weighted by Gasteiger charge is 2.16. The standard InChI is InChI=1S/C15H14ClFN2O2S/c1-10-6-7-11(2)15(8-10)22(20,21)19-18-9-12-13(16)4-3-5-14(12)17/h3-9,19H,1-2H3/b18-9+. The van der Waals surface area contributed by atoms with Crippen molar-refractivity contribution < 1.29 is 12.8 Å². The molecular weight excluding hydrogens is 327 g/mol. The van der Waals surface area contributed by atoms with Crippen molar-refractivity contribution in [3.05, 3.63) is 63.9 Å². The van der Waals surface area contributed by atoms with Gasteiger partial charge in [-0.2, -0.15) is 13.5 Å². The zero-order valence-electron chi connectivity index (χ0n) is 12.0. The van der Waals surface area contributed by atoms with Gasteiger partial charge in [0.2, 0.25) is 0 Å². The summed E-state index contributed by atoms with van der Waals surface area (Å²) >= 11 is 5.83. The summed E-state index contributed by atoms with van der Waals surface area (Å²) in [6.45, 7) is 3.48. The van der Waals surface area contributed by atoms with Gasteiger partial charge in [-0.25, -0.2) is 9.22 Å². The molecule has 0 spiro atoms. The Morgan fingerprint density at radius 1 is 1.23 bits per heavy atom. The minimum Gasteiger partial charge on any atom is -0.206 e. The average molecular weight is 341 g/mol. The van der Waals surface area contributed by atoms with Crippen LogP contribution in [-0.2, 0) is 10.0 Å². The maximum Gasteiger partial charge on any atom is 0.276 e. The van der Waals surface area contributed by atoms with E-state index < -0.39 is 15.8 Å². The van der Waals surface area contributed by atoms with Crippen LogP contribution in [0.5, 0.6) is 0 Å². The Hall–Kier alpha value is -1.92. The topological polar surface area (TPSA) is 58.5 Å². The minimum atomic E-state index is -3.82. The van der Waals surface area contributed by atoms with Gasteiger partial charge in [-0.05, 0) is 43.2 Å². The molecular formula is C15H14ClFN2O2S. The summed E-state index contributed by atoms with van der Waals surface area (Å²) in [5, 5.41) is 3.74. The predicted octanol–water partition coefficient (Wildman–Crippen LogP) is 3.41. The van der Waals surface area contributed by atoms with Crippen LogP contribution in [0.3, 0.4) is 0 Å². The Balaban J connectivity index is 2.27. The van der Waals surface area contributed by atoms with Crippen LogP contribution in [0, 0.1) is 19.7 Å². The third kappa shape index (κ3) is 3.64. The van der Waals surface area contributed by atoms with Crippen LogP contribution >= 0.6 is 11.6 Å². The van der Waals surface area contributed by atoms with Crippen molar-refractivity contribution >= 4 is 27.8 Å². The minimum absolute atomic E-state index is 0.0211. The molecule has 22 heavy (non-hydrogen) atoms. The molecule has 2 rings (SSSR count). The summed E-state index contributed by atoms with van der Waals surface area (Å²) in [7, 11) is -3.82. The first-order chi connectivity index (χ1) is 10.3. The molecule has 2 aromatic rings. The summed E-state index contributed by atoms with van der Waals surface area (Å²) in [5.74, 6) is -0.581. The van der Waals surface area contributed by atoms with E-state index >= 15 is 0 Å². The molecule has 0 bridgehead atoms. The van der Waals surface area contributed by atoms with Gasteiger partial charge in [0, 0.05) is 5.56 Å². The number of nitrogens with one attached hydrogen (secondary N) is 1. The second-order valence-electron chi connectivity index (χ2n) is 4.76. The van der Waals surface area contributed by atoms with Gasteiger partial charge < -0.3 is 0 Å². The fraction of sp³-hybridized carbons (Fsp3) is 0.133. The fourth-order valence-corrected chi connectivity index (χ4v) is 3.17. The molecule has 0 radical (unpaired) electrons. The van der Waals surface area contributed by atoms with E-state index in [9.17, 15) is 12.8 Å². The Morgan fingerprint density at radius 2 is 1.95 bits per heavy atom. The van der Waals surface area contributed by atoms with E-state index in [1.807, 2.05) is 6.07 Å². The molecule has 116 valence electrons. The number of sulfonamides is 1. The van der Waals surface area contributed by atoms with E-state index in [1.54, 1.807) is 26.0 Å². The summed E-state index contributed by atoms with van der Waals surface area (Å²) in [6, 6.07) is 9.23. The first kappa shape index (κ1) is 16.5. The summed E-state index contributed by atoms with van der Waals surface area (Å²) < 4.78 is 38.0. The number of aryl methyl sites for hydroxylation is 2. The van der Waals surface area contributed by atoms with E-state index in [2.05, 4.69) is 9.93 Å². The van der Waals surface area contributed by atoms with Crippen molar-refractivity contribution in [3.8, 4) is 0 Å². The van der Waals surface area contributed by atoms with Crippen LogP contribution in [0.4, 0.5) is 4.39 Å². The van der Waals surface area contributed by atoms with Gasteiger partial charge in [0.05, 0.1) is 16.1 Å². The molecule has 2 aromatic carbocycles. The lowest BCUT2D eigenvalue weighted by molar-refractivity contribution is 0.583. The number of hydrazone groups is 1. The molecule has 0 aliphatic carbocycles. The van der Waals surface area contributed by atoms with Gasteiger partial charge in [-0.1, -0.05) is 29.8 Å². The van der Waals surface area contributed by atoms with Crippen LogP contribution in [0.25, 0.3) is 0 Å². The van der Waals surface area contributed by atoms with Crippen LogP contribution in [0.1, 0.15) is 16.7 Å². The van der Waals surface area contributed by atoms with Crippen LogP contribution in [-0.4, -0.2) is 14.6 Å². The zero-order valence-corrected chi connectivity index (χ0v) is 13.5. The van der Waals surface area contributed by atoms with E-state index in [-0.39, 0.29) is 15.5 Å². The van der Waals surface area contributed by atoms with Crippen LogP contribution in [0.15, 0.2) is 46.4 Å². The van der Waals surface area contributed by atoms with Gasteiger partial charge in [0.15, 0.2) is 0 Å². The lowest BCUT2D eigenvalue weighted by Gasteiger charge is -2.07. The van der Waals surface area contributed by atoms with Gasteiger partial charge >= 0.3 is 0 Å². The average Bonchev–Trinajstić information content (AvgIpc) is 2.44. The summed E-state index contributed by atoms with van der Waals surface area (Å²) in [4.78, 5) is 2.19. The van der Waals surface area contributed by atoms with Crippen LogP contribution < -0.4 is 4.83 Å².